The van der Waals surface area contributed by atoms with Crippen LogP contribution in [0.15, 0.2) is 48.5 Å². The van der Waals surface area contributed by atoms with Crippen molar-refractivity contribution in [1.29, 1.82) is 0 Å². The van der Waals surface area contributed by atoms with Crippen LogP contribution in [0.5, 0.6) is 0 Å². The minimum atomic E-state index is -1.39. The van der Waals surface area contributed by atoms with Gasteiger partial charge in [0.25, 0.3) is 11.6 Å². The number of urea groups is 1. The summed E-state index contributed by atoms with van der Waals surface area (Å²) in [5.74, 6) is -0.360. The van der Waals surface area contributed by atoms with Gasteiger partial charge in [0, 0.05) is 17.7 Å². The second-order valence-electron chi connectivity index (χ2n) is 8.63. The predicted octanol–water partition coefficient (Wildman–Crippen LogP) is 4.29. The number of Topliss-reactive ketones (excluding diaryl/α,β-unsaturated/α-hetero) is 1. The largest absolute Gasteiger partial charge is 0.325 e. The third kappa shape index (κ3) is 4.00. The van der Waals surface area contributed by atoms with Crippen molar-refractivity contribution in [3.05, 3.63) is 75.3 Å². The summed E-state index contributed by atoms with van der Waals surface area (Å²) >= 11 is 0. The highest BCUT2D eigenvalue weighted by Gasteiger charge is 2.49. The molecule has 1 saturated heterocycles. The zero-order valence-electron chi connectivity index (χ0n) is 17.9. The number of imide groups is 1. The van der Waals surface area contributed by atoms with Crippen molar-refractivity contribution >= 4 is 23.4 Å². The smallest absolute Gasteiger partial charge is 0.319 e. The van der Waals surface area contributed by atoms with Gasteiger partial charge in [0.1, 0.15) is 5.54 Å². The molecular formula is C24H25N3O5. The van der Waals surface area contributed by atoms with Crippen LogP contribution < -0.4 is 5.32 Å². The highest BCUT2D eigenvalue weighted by Crippen LogP contribution is 2.33. The highest BCUT2D eigenvalue weighted by molar-refractivity contribution is 6.11. The summed E-state index contributed by atoms with van der Waals surface area (Å²) in [5, 5.41) is 13.5. The lowest BCUT2D eigenvalue weighted by molar-refractivity contribution is -0.384. The van der Waals surface area contributed by atoms with Crippen molar-refractivity contribution in [3.8, 4) is 0 Å². The minimum absolute atomic E-state index is 0.113. The van der Waals surface area contributed by atoms with E-state index < -0.39 is 22.4 Å². The van der Waals surface area contributed by atoms with Crippen molar-refractivity contribution in [1.82, 2.24) is 10.2 Å². The monoisotopic (exact) mass is 435 g/mol. The van der Waals surface area contributed by atoms with Crippen molar-refractivity contribution in [2.24, 2.45) is 0 Å². The molecule has 2 aromatic carbocycles. The summed E-state index contributed by atoms with van der Waals surface area (Å²) in [6, 6.07) is 12.2. The number of nitrogens with zero attached hydrogens (tertiary/aromatic N) is 2. The number of benzene rings is 2. The van der Waals surface area contributed by atoms with Crippen molar-refractivity contribution in [3.63, 3.8) is 0 Å². The van der Waals surface area contributed by atoms with Crippen LogP contribution in [0.4, 0.5) is 10.5 Å². The Morgan fingerprint density at radius 1 is 1.06 bits per heavy atom. The molecule has 166 valence electrons. The molecule has 0 spiro atoms. The summed E-state index contributed by atoms with van der Waals surface area (Å²) in [7, 11) is 0. The molecule has 8 nitrogen and oxygen atoms in total. The van der Waals surface area contributed by atoms with E-state index >= 15 is 0 Å². The lowest BCUT2D eigenvalue weighted by atomic mass is 9.84. The molecule has 32 heavy (non-hydrogen) atoms. The Hall–Kier alpha value is -3.55. The first-order valence-electron chi connectivity index (χ1n) is 10.8. The summed E-state index contributed by atoms with van der Waals surface area (Å²) in [4.78, 5) is 49.6. The predicted molar refractivity (Wildman–Crippen MR) is 117 cm³/mol. The van der Waals surface area contributed by atoms with E-state index in [1.165, 1.54) is 56.0 Å². The fourth-order valence-electron chi connectivity index (χ4n) is 4.56. The molecule has 0 aromatic heterocycles. The van der Waals surface area contributed by atoms with Crippen LogP contribution in [0.25, 0.3) is 0 Å². The van der Waals surface area contributed by atoms with Crippen LogP contribution in [0.3, 0.4) is 0 Å². The number of amides is 3. The van der Waals surface area contributed by atoms with E-state index in [0.717, 1.165) is 17.7 Å². The van der Waals surface area contributed by atoms with E-state index in [-0.39, 0.29) is 18.0 Å². The zero-order chi connectivity index (χ0) is 22.9. The summed E-state index contributed by atoms with van der Waals surface area (Å²) in [6.45, 7) is 1.16. The Morgan fingerprint density at radius 2 is 1.69 bits per heavy atom. The molecule has 2 aliphatic rings. The zero-order valence-corrected chi connectivity index (χ0v) is 17.9. The number of hydrogen-bond acceptors (Lipinski definition) is 5. The Bertz CT molecular complexity index is 1060. The molecule has 1 aliphatic carbocycles. The van der Waals surface area contributed by atoms with Gasteiger partial charge in [-0.15, -0.1) is 0 Å². The number of rotatable bonds is 6. The molecule has 2 aromatic rings. The fraction of sp³-hybridized carbons (Fsp3) is 0.375. The van der Waals surface area contributed by atoms with Crippen LogP contribution in [0.1, 0.15) is 66.4 Å². The second kappa shape index (κ2) is 8.53. The average molecular weight is 435 g/mol. The van der Waals surface area contributed by atoms with E-state index in [9.17, 15) is 24.5 Å². The van der Waals surface area contributed by atoms with Gasteiger partial charge in [-0.3, -0.25) is 24.6 Å². The molecule has 1 unspecified atom stereocenters. The van der Waals surface area contributed by atoms with E-state index in [4.69, 9.17) is 0 Å². The van der Waals surface area contributed by atoms with E-state index in [1.54, 1.807) is 12.1 Å². The van der Waals surface area contributed by atoms with Crippen molar-refractivity contribution in [2.75, 3.05) is 6.54 Å². The van der Waals surface area contributed by atoms with Crippen molar-refractivity contribution in [2.45, 2.75) is 50.5 Å². The third-order valence-corrected chi connectivity index (χ3v) is 6.54. The molecule has 4 rings (SSSR count). The molecule has 0 radical (unpaired) electrons. The van der Waals surface area contributed by atoms with Crippen LogP contribution in [0, 0.1) is 10.1 Å². The lowest BCUT2D eigenvalue weighted by Gasteiger charge is -2.22. The maximum atomic E-state index is 13.0. The molecule has 8 heteroatoms. The SMILES string of the molecule is CC1(c2ccc([N+](=O)[O-])cc2)NC(=O)N(CC(=O)c2ccc(C3CCCCC3)cc2)C1=O. The first-order chi connectivity index (χ1) is 15.3. The Kier molecular flexibility index (Phi) is 5.78. The van der Waals surface area contributed by atoms with E-state index in [2.05, 4.69) is 5.32 Å². The van der Waals surface area contributed by atoms with Gasteiger partial charge in [-0.1, -0.05) is 43.5 Å². The van der Waals surface area contributed by atoms with Gasteiger partial charge in [-0.2, -0.15) is 0 Å². The number of carbonyl (C=O) groups excluding carboxylic acids is 3. The molecular weight excluding hydrogens is 410 g/mol. The molecule has 2 fully saturated rings. The summed E-state index contributed by atoms with van der Waals surface area (Å²) in [6.07, 6.45) is 6.06. The first-order valence-corrected chi connectivity index (χ1v) is 10.8. The molecule has 1 N–H and O–H groups in total. The Labute approximate surface area is 185 Å². The van der Waals surface area contributed by atoms with Gasteiger partial charge in [-0.25, -0.2) is 4.79 Å². The van der Waals surface area contributed by atoms with Gasteiger partial charge in [0.05, 0.1) is 11.5 Å². The third-order valence-electron chi connectivity index (χ3n) is 6.54. The van der Waals surface area contributed by atoms with Gasteiger partial charge in [0.2, 0.25) is 0 Å². The normalized spacial score (nSPS) is 21.5. The molecule has 1 saturated carbocycles. The Morgan fingerprint density at radius 3 is 2.28 bits per heavy atom. The maximum absolute atomic E-state index is 13.0. The van der Waals surface area contributed by atoms with Gasteiger partial charge in [0.15, 0.2) is 5.78 Å². The second-order valence-corrected chi connectivity index (χ2v) is 8.63. The number of non-ortho nitro benzene ring substituents is 1. The topological polar surface area (TPSA) is 110 Å². The molecule has 3 amide bonds. The minimum Gasteiger partial charge on any atom is -0.319 e. The molecule has 1 atom stereocenters. The number of hydrogen-bond donors (Lipinski definition) is 1. The number of ketones is 1. The quantitative estimate of drug-likeness (QED) is 0.315. The fourth-order valence-corrected chi connectivity index (χ4v) is 4.56. The van der Waals surface area contributed by atoms with Crippen LogP contribution >= 0.6 is 0 Å². The van der Waals surface area contributed by atoms with Crippen LogP contribution in [0.2, 0.25) is 0 Å². The lowest BCUT2D eigenvalue weighted by Crippen LogP contribution is -2.41. The van der Waals surface area contributed by atoms with Crippen molar-refractivity contribution < 1.29 is 19.3 Å². The van der Waals surface area contributed by atoms with E-state index in [0.29, 0.717) is 17.0 Å². The number of nitrogens with one attached hydrogen (secondary N) is 1. The summed E-state index contributed by atoms with van der Waals surface area (Å²) in [5.41, 5.74) is 0.583. The number of nitro groups is 1. The summed E-state index contributed by atoms with van der Waals surface area (Å²) < 4.78 is 0. The standard InChI is InChI=1S/C24H25N3O5/c1-24(19-11-13-20(14-12-19)27(31)32)22(29)26(23(30)25-24)15-21(28)18-9-7-17(8-10-18)16-5-3-2-4-6-16/h7-14,16H,2-6,15H2,1H3,(H,25,30). The van der Waals surface area contributed by atoms with Gasteiger partial charge < -0.3 is 5.32 Å². The van der Waals surface area contributed by atoms with Gasteiger partial charge >= 0.3 is 6.03 Å². The highest BCUT2D eigenvalue weighted by atomic mass is 16.6. The first kappa shape index (κ1) is 21.7. The molecule has 1 aliphatic heterocycles. The molecule has 0 bridgehead atoms. The van der Waals surface area contributed by atoms with Crippen LogP contribution in [-0.2, 0) is 10.3 Å². The number of nitro benzene ring substituents is 1. The van der Waals surface area contributed by atoms with E-state index in [1.807, 2.05) is 12.1 Å². The Balaban J connectivity index is 1.47. The average Bonchev–Trinajstić information content (AvgIpc) is 3.03. The van der Waals surface area contributed by atoms with Gasteiger partial charge in [-0.05, 0) is 48.9 Å². The molecule has 1 heterocycles. The number of carbonyl (C=O) groups is 3. The maximum Gasteiger partial charge on any atom is 0.325 e. The van der Waals surface area contributed by atoms with Crippen LogP contribution in [-0.4, -0.2) is 34.1 Å².